The smallest absolute Gasteiger partial charge is 0.241 e. The van der Waals surface area contributed by atoms with Crippen LogP contribution in [0.25, 0.3) is 0 Å². The number of anilines is 1. The second kappa shape index (κ2) is 9.22. The first-order valence-electron chi connectivity index (χ1n) is 8.83. The van der Waals surface area contributed by atoms with Crippen molar-refractivity contribution in [3.8, 4) is 0 Å². The van der Waals surface area contributed by atoms with Gasteiger partial charge in [-0.15, -0.1) is 0 Å². The average molecular weight is 406 g/mol. The topological polar surface area (TPSA) is 61.4 Å². The van der Waals surface area contributed by atoms with Gasteiger partial charge in [0.25, 0.3) is 0 Å². The van der Waals surface area contributed by atoms with Gasteiger partial charge >= 0.3 is 0 Å². The first-order chi connectivity index (χ1) is 13.0. The van der Waals surface area contributed by atoms with Gasteiger partial charge in [0.15, 0.2) is 0 Å². The molecule has 0 bridgehead atoms. The Morgan fingerprint density at radius 1 is 1.11 bits per heavy atom. The normalized spacial score (nSPS) is 16.9. The molecule has 142 valence electrons. The predicted octanol–water partition coefficient (Wildman–Crippen LogP) is 3.71. The van der Waals surface area contributed by atoms with Gasteiger partial charge < -0.3 is 10.6 Å². The number of amides is 2. The number of nitrogens with zero attached hydrogens (tertiary/aromatic N) is 1. The molecule has 0 saturated carbocycles. The van der Waals surface area contributed by atoms with E-state index < -0.39 is 0 Å². The Morgan fingerprint density at radius 2 is 1.89 bits per heavy atom. The minimum atomic E-state index is -0.348. The van der Waals surface area contributed by atoms with E-state index in [2.05, 4.69) is 10.6 Å². The largest absolute Gasteiger partial charge is 0.351 e. The van der Waals surface area contributed by atoms with Gasteiger partial charge in [0, 0.05) is 11.6 Å². The lowest BCUT2D eigenvalue weighted by Crippen LogP contribution is -2.44. The number of nitrogens with one attached hydrogen (secondary N) is 2. The van der Waals surface area contributed by atoms with Gasteiger partial charge in [-0.2, -0.15) is 0 Å². The van der Waals surface area contributed by atoms with E-state index >= 15 is 0 Å². The molecule has 2 aromatic carbocycles. The number of likely N-dealkylation sites (tertiary alicyclic amines) is 1. The highest BCUT2D eigenvalue weighted by atomic mass is 35.5. The molecular weight excluding hydrogens is 385 g/mol. The summed E-state index contributed by atoms with van der Waals surface area (Å²) in [4.78, 5) is 26.8. The minimum absolute atomic E-state index is 0.0944. The summed E-state index contributed by atoms with van der Waals surface area (Å²) < 4.78 is 0. The van der Waals surface area contributed by atoms with E-state index in [1.807, 2.05) is 35.2 Å². The summed E-state index contributed by atoms with van der Waals surface area (Å²) in [5.41, 5.74) is 1.56. The molecule has 1 aliphatic heterocycles. The summed E-state index contributed by atoms with van der Waals surface area (Å²) in [7, 11) is 0. The van der Waals surface area contributed by atoms with Gasteiger partial charge in [-0.3, -0.25) is 14.5 Å². The summed E-state index contributed by atoms with van der Waals surface area (Å²) in [6.45, 7) is 1.38. The van der Waals surface area contributed by atoms with Crippen LogP contribution in [0.1, 0.15) is 18.4 Å². The van der Waals surface area contributed by atoms with Gasteiger partial charge in [-0.25, -0.2) is 0 Å². The first kappa shape index (κ1) is 19.7. The van der Waals surface area contributed by atoms with E-state index in [1.165, 1.54) is 0 Å². The summed E-state index contributed by atoms with van der Waals surface area (Å²) >= 11 is 12.0. The summed E-state index contributed by atoms with van der Waals surface area (Å²) in [5.74, 6) is -0.254. The Hall–Kier alpha value is -2.08. The highest BCUT2D eigenvalue weighted by Crippen LogP contribution is 2.26. The molecule has 3 rings (SSSR count). The fraction of sp³-hybridized carbons (Fsp3) is 0.300. The van der Waals surface area contributed by atoms with Crippen LogP contribution in [0.2, 0.25) is 10.0 Å². The molecule has 0 spiro atoms. The van der Waals surface area contributed by atoms with Crippen molar-refractivity contribution < 1.29 is 9.59 Å². The van der Waals surface area contributed by atoms with Crippen LogP contribution in [0, 0.1) is 0 Å². The molecule has 0 radical (unpaired) electrons. The number of halogens is 2. The Kier molecular flexibility index (Phi) is 6.72. The zero-order chi connectivity index (χ0) is 19.2. The van der Waals surface area contributed by atoms with E-state index in [-0.39, 0.29) is 24.4 Å². The van der Waals surface area contributed by atoms with Gasteiger partial charge in [-0.05, 0) is 43.1 Å². The maximum atomic E-state index is 12.6. The lowest BCUT2D eigenvalue weighted by atomic mass is 10.2. The lowest BCUT2D eigenvalue weighted by molar-refractivity contribution is -0.125. The van der Waals surface area contributed by atoms with Crippen LogP contribution in [-0.4, -0.2) is 35.8 Å². The van der Waals surface area contributed by atoms with E-state index in [1.54, 1.807) is 18.2 Å². The van der Waals surface area contributed by atoms with Crippen LogP contribution in [0.4, 0.5) is 5.69 Å². The summed E-state index contributed by atoms with van der Waals surface area (Å²) in [6, 6.07) is 14.3. The minimum Gasteiger partial charge on any atom is -0.351 e. The second-order valence-corrected chi connectivity index (χ2v) is 7.35. The summed E-state index contributed by atoms with van der Waals surface area (Å²) in [5, 5.41) is 6.64. The maximum absolute atomic E-state index is 12.6. The van der Waals surface area contributed by atoms with Crippen molar-refractivity contribution in [1.29, 1.82) is 0 Å². The number of rotatable bonds is 6. The zero-order valence-electron chi connectivity index (χ0n) is 14.8. The molecule has 27 heavy (non-hydrogen) atoms. The molecule has 1 aliphatic rings. The van der Waals surface area contributed by atoms with Crippen molar-refractivity contribution >= 4 is 40.7 Å². The molecule has 1 heterocycles. The quantitative estimate of drug-likeness (QED) is 0.769. The van der Waals surface area contributed by atoms with Crippen LogP contribution in [0.15, 0.2) is 48.5 Å². The van der Waals surface area contributed by atoms with E-state index in [4.69, 9.17) is 23.2 Å². The third-order valence-corrected chi connectivity index (χ3v) is 5.08. The lowest BCUT2D eigenvalue weighted by Gasteiger charge is -2.23. The van der Waals surface area contributed by atoms with E-state index in [9.17, 15) is 9.59 Å². The van der Waals surface area contributed by atoms with Crippen molar-refractivity contribution in [1.82, 2.24) is 10.2 Å². The van der Waals surface area contributed by atoms with Crippen LogP contribution in [-0.2, 0) is 16.1 Å². The molecule has 1 fully saturated rings. The van der Waals surface area contributed by atoms with Gasteiger partial charge in [0.1, 0.15) is 0 Å². The van der Waals surface area contributed by atoms with Crippen molar-refractivity contribution in [3.63, 3.8) is 0 Å². The molecule has 1 atom stereocenters. The van der Waals surface area contributed by atoms with Crippen LogP contribution in [0.5, 0.6) is 0 Å². The molecule has 2 amide bonds. The van der Waals surface area contributed by atoms with Crippen LogP contribution in [0.3, 0.4) is 0 Å². The third kappa shape index (κ3) is 5.45. The monoisotopic (exact) mass is 405 g/mol. The Labute approximate surface area is 168 Å². The molecule has 5 nitrogen and oxygen atoms in total. The van der Waals surface area contributed by atoms with Crippen LogP contribution < -0.4 is 10.6 Å². The number of carbonyl (C=O) groups is 2. The Balaban J connectivity index is 1.54. The van der Waals surface area contributed by atoms with Crippen LogP contribution >= 0.6 is 23.2 Å². The SMILES string of the molecule is O=C(CN1CCC[C@H]1C(=O)Nc1ccc(Cl)cc1Cl)NCc1ccccc1. The molecule has 2 N–H and O–H groups in total. The average Bonchev–Trinajstić information content (AvgIpc) is 3.11. The third-order valence-electron chi connectivity index (χ3n) is 4.53. The number of carbonyl (C=O) groups excluding carboxylic acids is 2. The fourth-order valence-corrected chi connectivity index (χ4v) is 3.61. The van der Waals surface area contributed by atoms with Crippen molar-refractivity contribution in [2.45, 2.75) is 25.4 Å². The van der Waals surface area contributed by atoms with E-state index in [0.29, 0.717) is 35.2 Å². The Morgan fingerprint density at radius 3 is 2.63 bits per heavy atom. The number of hydrogen-bond donors (Lipinski definition) is 2. The molecule has 0 aliphatic carbocycles. The van der Waals surface area contributed by atoms with Crippen molar-refractivity contribution in [3.05, 3.63) is 64.1 Å². The van der Waals surface area contributed by atoms with Crippen molar-refractivity contribution in [2.24, 2.45) is 0 Å². The second-order valence-electron chi connectivity index (χ2n) is 6.50. The first-order valence-corrected chi connectivity index (χ1v) is 9.59. The molecule has 0 aromatic heterocycles. The van der Waals surface area contributed by atoms with Gasteiger partial charge in [0.05, 0.1) is 23.3 Å². The Bertz CT molecular complexity index is 814. The predicted molar refractivity (Wildman–Crippen MR) is 108 cm³/mol. The zero-order valence-corrected chi connectivity index (χ0v) is 16.3. The van der Waals surface area contributed by atoms with Gasteiger partial charge in [-0.1, -0.05) is 53.5 Å². The van der Waals surface area contributed by atoms with Crippen molar-refractivity contribution in [2.75, 3.05) is 18.4 Å². The molecule has 0 unspecified atom stereocenters. The van der Waals surface area contributed by atoms with Gasteiger partial charge in [0.2, 0.25) is 11.8 Å². The highest BCUT2D eigenvalue weighted by molar-refractivity contribution is 6.36. The molecular formula is C20H21Cl2N3O2. The standard InChI is InChI=1S/C20H21Cl2N3O2/c21-15-8-9-17(16(22)11-15)24-20(27)18-7-4-10-25(18)13-19(26)23-12-14-5-2-1-3-6-14/h1-3,5-6,8-9,11,18H,4,7,10,12-13H2,(H,23,26)(H,24,27)/t18-/m0/s1. The number of hydrogen-bond acceptors (Lipinski definition) is 3. The highest BCUT2D eigenvalue weighted by Gasteiger charge is 2.32. The molecule has 7 heteroatoms. The molecule has 1 saturated heterocycles. The summed E-state index contributed by atoms with van der Waals surface area (Å²) in [6.07, 6.45) is 1.58. The molecule has 2 aromatic rings. The fourth-order valence-electron chi connectivity index (χ4n) is 3.16. The number of benzene rings is 2. The maximum Gasteiger partial charge on any atom is 0.241 e. The van der Waals surface area contributed by atoms with E-state index in [0.717, 1.165) is 12.0 Å².